The van der Waals surface area contributed by atoms with Gasteiger partial charge >= 0.3 is 0 Å². The van der Waals surface area contributed by atoms with Crippen LogP contribution in [0.4, 0.5) is 5.95 Å². The van der Waals surface area contributed by atoms with Crippen LogP contribution in [0.15, 0.2) is 11.1 Å². The Bertz CT molecular complexity index is 798. The molecule has 0 aliphatic carbocycles. The summed E-state index contributed by atoms with van der Waals surface area (Å²) >= 11 is 0. The van der Waals surface area contributed by atoms with Gasteiger partial charge in [0.05, 0.1) is 12.9 Å². The van der Waals surface area contributed by atoms with E-state index in [9.17, 15) is 20.1 Å². The standard InChI is InChI=1S/C14H19N5O5/c20-5-7-9(21)10(22)13(24-7)19-11-8(12(23)16-6-15-11)17-14(19)18-3-1-2-4-18/h6-7,9-10,13,20-22H,1-5H2,(H,15,16,23)/t7-,9+,10-,13+/m0/s1. The Labute approximate surface area is 136 Å². The molecule has 2 aromatic rings. The number of aliphatic hydroxyl groups excluding tert-OH is 3. The average Bonchev–Trinajstić information content (AvgIpc) is 3.27. The number of nitrogens with one attached hydrogen (secondary N) is 1. The predicted octanol–water partition coefficient (Wildman–Crippen LogP) is -1.67. The van der Waals surface area contributed by atoms with Crippen LogP contribution in [0, 0.1) is 0 Å². The molecule has 2 aliphatic heterocycles. The fourth-order valence-corrected chi connectivity index (χ4v) is 3.38. The molecule has 130 valence electrons. The van der Waals surface area contributed by atoms with E-state index in [0.717, 1.165) is 25.9 Å². The molecule has 24 heavy (non-hydrogen) atoms. The third kappa shape index (κ3) is 2.22. The fourth-order valence-electron chi connectivity index (χ4n) is 3.38. The minimum Gasteiger partial charge on any atom is -0.394 e. The number of hydrogen-bond donors (Lipinski definition) is 4. The van der Waals surface area contributed by atoms with Gasteiger partial charge in [-0.05, 0) is 12.8 Å². The highest BCUT2D eigenvalue weighted by molar-refractivity contribution is 5.74. The minimum atomic E-state index is -1.26. The predicted molar refractivity (Wildman–Crippen MR) is 82.6 cm³/mol. The number of anilines is 1. The summed E-state index contributed by atoms with van der Waals surface area (Å²) < 4.78 is 7.16. The number of H-pyrrole nitrogens is 1. The molecule has 4 rings (SSSR count). The molecule has 10 nitrogen and oxygen atoms in total. The summed E-state index contributed by atoms with van der Waals surface area (Å²) in [6, 6.07) is 0. The molecule has 0 bridgehead atoms. The number of aromatic nitrogens is 4. The van der Waals surface area contributed by atoms with Gasteiger partial charge in [0.15, 0.2) is 17.4 Å². The molecule has 0 radical (unpaired) electrons. The van der Waals surface area contributed by atoms with Crippen molar-refractivity contribution < 1.29 is 20.1 Å². The van der Waals surface area contributed by atoms with Crippen molar-refractivity contribution in [3.63, 3.8) is 0 Å². The van der Waals surface area contributed by atoms with E-state index in [-0.39, 0.29) is 16.7 Å². The Morgan fingerprint density at radius 3 is 2.71 bits per heavy atom. The lowest BCUT2D eigenvalue weighted by Gasteiger charge is -2.23. The topological polar surface area (TPSA) is 137 Å². The first kappa shape index (κ1) is 15.5. The van der Waals surface area contributed by atoms with Crippen LogP contribution in [0.2, 0.25) is 0 Å². The van der Waals surface area contributed by atoms with Gasteiger partial charge < -0.3 is 29.9 Å². The Morgan fingerprint density at radius 2 is 2.04 bits per heavy atom. The zero-order valence-corrected chi connectivity index (χ0v) is 12.9. The van der Waals surface area contributed by atoms with E-state index in [1.807, 2.05) is 4.90 Å². The van der Waals surface area contributed by atoms with E-state index in [0.29, 0.717) is 5.95 Å². The Hall–Kier alpha value is -2.01. The van der Waals surface area contributed by atoms with Crippen LogP contribution in [0.1, 0.15) is 19.1 Å². The molecule has 0 amide bonds. The molecule has 2 aliphatic rings. The van der Waals surface area contributed by atoms with Crippen molar-refractivity contribution in [1.29, 1.82) is 0 Å². The van der Waals surface area contributed by atoms with Crippen LogP contribution in [0.3, 0.4) is 0 Å². The summed E-state index contributed by atoms with van der Waals surface area (Å²) in [5.74, 6) is 0.474. The SMILES string of the molecule is O=c1[nH]cnc2c1nc(N1CCCC1)n2[C@@H]1O[C@@H](CO)[C@@H](O)[C@@H]1O. The third-order valence-electron chi connectivity index (χ3n) is 4.63. The number of nitrogens with zero attached hydrogens (tertiary/aromatic N) is 4. The summed E-state index contributed by atoms with van der Waals surface area (Å²) in [4.78, 5) is 25.1. The van der Waals surface area contributed by atoms with Crippen molar-refractivity contribution in [2.45, 2.75) is 37.4 Å². The second kappa shape index (κ2) is 5.81. The van der Waals surface area contributed by atoms with E-state index in [4.69, 9.17) is 4.74 Å². The molecule has 0 spiro atoms. The molecule has 2 fully saturated rings. The second-order valence-corrected chi connectivity index (χ2v) is 6.11. The van der Waals surface area contributed by atoms with Crippen molar-refractivity contribution in [3.05, 3.63) is 16.7 Å². The van der Waals surface area contributed by atoms with Gasteiger partial charge in [-0.15, -0.1) is 0 Å². The van der Waals surface area contributed by atoms with Crippen LogP contribution in [0.5, 0.6) is 0 Å². The summed E-state index contributed by atoms with van der Waals surface area (Å²) in [6.45, 7) is 1.13. The first-order valence-electron chi connectivity index (χ1n) is 7.95. The minimum absolute atomic E-state index is 0.150. The second-order valence-electron chi connectivity index (χ2n) is 6.11. The number of rotatable bonds is 3. The number of imidazole rings is 1. The van der Waals surface area contributed by atoms with Gasteiger partial charge in [0.1, 0.15) is 18.3 Å². The van der Waals surface area contributed by atoms with Crippen molar-refractivity contribution in [2.75, 3.05) is 24.6 Å². The van der Waals surface area contributed by atoms with Gasteiger partial charge in [-0.1, -0.05) is 0 Å². The van der Waals surface area contributed by atoms with Crippen molar-refractivity contribution in [1.82, 2.24) is 19.5 Å². The molecule has 2 aromatic heterocycles. The van der Waals surface area contributed by atoms with E-state index in [1.54, 1.807) is 4.57 Å². The van der Waals surface area contributed by atoms with Gasteiger partial charge in [-0.25, -0.2) is 9.97 Å². The van der Waals surface area contributed by atoms with Crippen LogP contribution in [-0.4, -0.2) is 72.8 Å². The van der Waals surface area contributed by atoms with Crippen molar-refractivity contribution >= 4 is 17.1 Å². The van der Waals surface area contributed by atoms with Crippen LogP contribution < -0.4 is 10.5 Å². The fraction of sp³-hybridized carbons (Fsp3) is 0.643. The zero-order chi connectivity index (χ0) is 16.8. The molecule has 0 saturated carbocycles. The summed E-state index contributed by atoms with van der Waals surface area (Å²) in [5, 5.41) is 29.7. The quantitative estimate of drug-likeness (QED) is 0.522. The highest BCUT2D eigenvalue weighted by Gasteiger charge is 2.45. The number of fused-ring (bicyclic) bond motifs is 1. The summed E-state index contributed by atoms with van der Waals surface area (Å²) in [7, 11) is 0. The number of aliphatic hydroxyl groups is 3. The average molecular weight is 337 g/mol. The molecule has 2 saturated heterocycles. The molecular formula is C14H19N5O5. The number of aromatic amines is 1. The Balaban J connectivity index is 1.88. The highest BCUT2D eigenvalue weighted by Crippen LogP contribution is 2.35. The van der Waals surface area contributed by atoms with Crippen LogP contribution in [0.25, 0.3) is 11.2 Å². The molecule has 10 heteroatoms. The molecule has 4 N–H and O–H groups in total. The largest absolute Gasteiger partial charge is 0.394 e. The van der Waals surface area contributed by atoms with Crippen molar-refractivity contribution in [2.24, 2.45) is 0 Å². The normalized spacial score (nSPS) is 30.5. The Kier molecular flexibility index (Phi) is 3.76. The maximum atomic E-state index is 12.1. The van der Waals surface area contributed by atoms with E-state index in [2.05, 4.69) is 15.0 Å². The maximum absolute atomic E-state index is 12.1. The van der Waals surface area contributed by atoms with Crippen LogP contribution >= 0.6 is 0 Å². The zero-order valence-electron chi connectivity index (χ0n) is 12.9. The smallest absolute Gasteiger partial charge is 0.278 e. The third-order valence-corrected chi connectivity index (χ3v) is 4.63. The molecule has 0 aromatic carbocycles. The first-order valence-corrected chi connectivity index (χ1v) is 7.95. The molecule has 4 atom stereocenters. The van der Waals surface area contributed by atoms with Gasteiger partial charge in [0, 0.05) is 13.1 Å². The van der Waals surface area contributed by atoms with Gasteiger partial charge in [-0.3, -0.25) is 9.36 Å². The highest BCUT2D eigenvalue weighted by atomic mass is 16.6. The lowest BCUT2D eigenvalue weighted by atomic mass is 10.1. The number of ether oxygens (including phenoxy) is 1. The Morgan fingerprint density at radius 1 is 1.29 bits per heavy atom. The van der Waals surface area contributed by atoms with Crippen molar-refractivity contribution in [3.8, 4) is 0 Å². The van der Waals surface area contributed by atoms with Crippen LogP contribution in [-0.2, 0) is 4.74 Å². The maximum Gasteiger partial charge on any atom is 0.278 e. The number of hydrogen-bond acceptors (Lipinski definition) is 8. The lowest BCUT2D eigenvalue weighted by Crippen LogP contribution is -2.34. The molecular weight excluding hydrogens is 318 g/mol. The van der Waals surface area contributed by atoms with Gasteiger partial charge in [-0.2, -0.15) is 0 Å². The van der Waals surface area contributed by atoms with Gasteiger partial charge in [0.25, 0.3) is 5.56 Å². The molecule has 0 unspecified atom stereocenters. The van der Waals surface area contributed by atoms with E-state index < -0.39 is 31.1 Å². The lowest BCUT2D eigenvalue weighted by molar-refractivity contribution is -0.0504. The molecule has 4 heterocycles. The van der Waals surface area contributed by atoms with E-state index >= 15 is 0 Å². The monoisotopic (exact) mass is 337 g/mol. The summed E-state index contributed by atoms with van der Waals surface area (Å²) in [5.41, 5.74) is 0.0403. The first-order chi connectivity index (χ1) is 11.6. The van der Waals surface area contributed by atoms with E-state index in [1.165, 1.54) is 6.33 Å². The van der Waals surface area contributed by atoms with Gasteiger partial charge in [0.2, 0.25) is 5.95 Å². The summed E-state index contributed by atoms with van der Waals surface area (Å²) in [6.07, 6.45) is -1.11.